The molecular weight excluding hydrogens is 320 g/mol. The number of ether oxygens (including phenoxy) is 1. The van der Waals surface area contributed by atoms with Crippen molar-refractivity contribution in [2.24, 2.45) is 0 Å². The standard InChI is InChI=1S/C19H24N2O2S/c1-3-23-19(22)18(17(24)12-14-7-5-4-6-8-14)21-15-9-10-16(20)13(2)11-15/h4-11,17-18,21,24H,3,12,20H2,1-2H3. The van der Waals surface area contributed by atoms with Crippen molar-refractivity contribution in [3.8, 4) is 0 Å². The van der Waals surface area contributed by atoms with Crippen LogP contribution in [-0.4, -0.2) is 23.9 Å². The third-order valence-corrected chi connectivity index (χ3v) is 4.29. The molecule has 0 saturated carbocycles. The predicted molar refractivity (Wildman–Crippen MR) is 103 cm³/mol. The minimum absolute atomic E-state index is 0.218. The number of anilines is 2. The molecule has 0 aliphatic rings. The second-order valence-electron chi connectivity index (χ2n) is 5.70. The lowest BCUT2D eigenvalue weighted by molar-refractivity contribution is -0.144. The van der Waals surface area contributed by atoms with Gasteiger partial charge in [-0.1, -0.05) is 30.3 Å². The van der Waals surface area contributed by atoms with E-state index in [0.717, 1.165) is 22.5 Å². The van der Waals surface area contributed by atoms with E-state index in [-0.39, 0.29) is 11.2 Å². The normalized spacial score (nSPS) is 13.1. The Morgan fingerprint density at radius 2 is 1.96 bits per heavy atom. The molecule has 2 atom stereocenters. The molecule has 4 nitrogen and oxygen atoms in total. The average molecular weight is 344 g/mol. The van der Waals surface area contributed by atoms with Crippen molar-refractivity contribution >= 4 is 30.0 Å². The summed E-state index contributed by atoms with van der Waals surface area (Å²) in [6.45, 7) is 4.07. The predicted octanol–water partition coefficient (Wildman–Crippen LogP) is 3.46. The number of carbonyl (C=O) groups is 1. The maximum atomic E-state index is 12.4. The monoisotopic (exact) mass is 344 g/mol. The fourth-order valence-corrected chi connectivity index (χ4v) is 2.87. The summed E-state index contributed by atoms with van der Waals surface area (Å²) in [6, 6.07) is 15.0. The molecule has 2 aromatic carbocycles. The first-order valence-electron chi connectivity index (χ1n) is 8.02. The molecule has 0 spiro atoms. The third kappa shape index (κ3) is 4.93. The molecule has 0 aliphatic carbocycles. The molecule has 128 valence electrons. The Bertz CT molecular complexity index is 676. The maximum Gasteiger partial charge on any atom is 0.329 e. The first kappa shape index (κ1) is 18.2. The SMILES string of the molecule is CCOC(=O)C(Nc1ccc(N)c(C)c1)C(S)Cc1ccccc1. The van der Waals surface area contributed by atoms with Crippen LogP contribution in [0.4, 0.5) is 11.4 Å². The smallest absolute Gasteiger partial charge is 0.329 e. The van der Waals surface area contributed by atoms with E-state index >= 15 is 0 Å². The van der Waals surface area contributed by atoms with Crippen molar-refractivity contribution in [2.45, 2.75) is 31.6 Å². The van der Waals surface area contributed by atoms with Crippen molar-refractivity contribution in [1.82, 2.24) is 0 Å². The minimum Gasteiger partial charge on any atom is -0.464 e. The van der Waals surface area contributed by atoms with Crippen molar-refractivity contribution in [2.75, 3.05) is 17.7 Å². The van der Waals surface area contributed by atoms with E-state index in [1.165, 1.54) is 0 Å². The molecule has 0 bridgehead atoms. The Morgan fingerprint density at radius 3 is 2.58 bits per heavy atom. The highest BCUT2D eigenvalue weighted by Gasteiger charge is 2.27. The summed E-state index contributed by atoms with van der Waals surface area (Å²) in [5.41, 5.74) is 9.49. The van der Waals surface area contributed by atoms with Gasteiger partial charge in [-0.05, 0) is 49.6 Å². The number of hydrogen-bond acceptors (Lipinski definition) is 5. The molecule has 0 radical (unpaired) electrons. The van der Waals surface area contributed by atoms with Crippen molar-refractivity contribution < 1.29 is 9.53 Å². The second kappa shape index (κ2) is 8.64. The molecule has 2 rings (SSSR count). The van der Waals surface area contributed by atoms with E-state index in [2.05, 4.69) is 17.9 Å². The zero-order valence-electron chi connectivity index (χ0n) is 14.0. The lowest BCUT2D eigenvalue weighted by atomic mass is 10.0. The van der Waals surface area contributed by atoms with Gasteiger partial charge in [0.2, 0.25) is 0 Å². The van der Waals surface area contributed by atoms with Gasteiger partial charge >= 0.3 is 5.97 Å². The van der Waals surface area contributed by atoms with Crippen LogP contribution in [0.3, 0.4) is 0 Å². The van der Waals surface area contributed by atoms with E-state index in [1.54, 1.807) is 6.92 Å². The highest BCUT2D eigenvalue weighted by Crippen LogP contribution is 2.21. The Hall–Kier alpha value is -2.14. The number of rotatable bonds is 7. The molecule has 0 heterocycles. The molecule has 2 unspecified atom stereocenters. The molecule has 0 amide bonds. The summed E-state index contributed by atoms with van der Waals surface area (Å²) in [5, 5.41) is 3.03. The lowest BCUT2D eigenvalue weighted by Crippen LogP contribution is -2.40. The molecule has 5 heteroatoms. The molecule has 0 saturated heterocycles. The first-order valence-corrected chi connectivity index (χ1v) is 8.54. The van der Waals surface area contributed by atoms with Crippen LogP contribution in [0.1, 0.15) is 18.1 Å². The molecule has 0 aliphatic heterocycles. The molecular formula is C19H24N2O2S. The number of nitrogens with one attached hydrogen (secondary N) is 1. The number of nitrogen functional groups attached to an aromatic ring is 1. The van der Waals surface area contributed by atoms with E-state index < -0.39 is 6.04 Å². The van der Waals surface area contributed by atoms with Gasteiger partial charge in [-0.25, -0.2) is 4.79 Å². The van der Waals surface area contributed by atoms with E-state index in [9.17, 15) is 4.79 Å². The Kier molecular flexibility index (Phi) is 6.55. The average Bonchev–Trinajstić information content (AvgIpc) is 2.56. The van der Waals surface area contributed by atoms with Crippen LogP contribution < -0.4 is 11.1 Å². The van der Waals surface area contributed by atoms with E-state index in [4.69, 9.17) is 10.5 Å². The summed E-state index contributed by atoms with van der Waals surface area (Å²) in [4.78, 5) is 12.4. The zero-order valence-corrected chi connectivity index (χ0v) is 14.9. The van der Waals surface area contributed by atoms with Gasteiger partial charge in [0.15, 0.2) is 0 Å². The largest absolute Gasteiger partial charge is 0.464 e. The van der Waals surface area contributed by atoms with Crippen molar-refractivity contribution in [1.29, 1.82) is 0 Å². The number of aryl methyl sites for hydroxylation is 1. The van der Waals surface area contributed by atoms with E-state index in [0.29, 0.717) is 13.0 Å². The molecule has 0 aromatic heterocycles. The number of nitrogens with two attached hydrogens (primary N) is 1. The summed E-state index contributed by atoms with van der Waals surface area (Å²) in [7, 11) is 0. The van der Waals surface area contributed by atoms with Crippen molar-refractivity contribution in [3.05, 3.63) is 59.7 Å². The molecule has 3 N–H and O–H groups in total. The van der Waals surface area contributed by atoms with Gasteiger partial charge < -0.3 is 15.8 Å². The van der Waals surface area contributed by atoms with Gasteiger partial charge in [-0.2, -0.15) is 12.6 Å². The zero-order chi connectivity index (χ0) is 17.5. The van der Waals surface area contributed by atoms with Gasteiger partial charge in [0.1, 0.15) is 6.04 Å². The number of carbonyl (C=O) groups excluding carboxylic acids is 1. The van der Waals surface area contributed by atoms with Gasteiger partial charge in [-0.15, -0.1) is 0 Å². The quantitative estimate of drug-likeness (QED) is 0.409. The maximum absolute atomic E-state index is 12.4. The topological polar surface area (TPSA) is 64.3 Å². The van der Waals surface area contributed by atoms with E-state index in [1.807, 2.05) is 55.5 Å². The van der Waals surface area contributed by atoms with Crippen LogP contribution in [0.25, 0.3) is 0 Å². The van der Waals surface area contributed by atoms with Crippen LogP contribution in [0.2, 0.25) is 0 Å². The summed E-state index contributed by atoms with van der Waals surface area (Å²) in [6.07, 6.45) is 0.661. The van der Waals surface area contributed by atoms with Crippen LogP contribution in [0.15, 0.2) is 48.5 Å². The van der Waals surface area contributed by atoms with Crippen LogP contribution in [-0.2, 0) is 16.0 Å². The Morgan fingerprint density at radius 1 is 1.25 bits per heavy atom. The fourth-order valence-electron chi connectivity index (χ4n) is 2.46. The van der Waals surface area contributed by atoms with Gasteiger partial charge in [0.25, 0.3) is 0 Å². The first-order chi connectivity index (χ1) is 11.5. The molecule has 24 heavy (non-hydrogen) atoms. The van der Waals surface area contributed by atoms with Gasteiger partial charge in [0.05, 0.1) is 6.61 Å². The Balaban J connectivity index is 2.17. The highest BCUT2D eigenvalue weighted by molar-refractivity contribution is 7.81. The van der Waals surface area contributed by atoms with Gasteiger partial charge in [0, 0.05) is 16.6 Å². The summed E-state index contributed by atoms with van der Waals surface area (Å²) < 4.78 is 5.21. The van der Waals surface area contributed by atoms with Crippen molar-refractivity contribution in [3.63, 3.8) is 0 Å². The van der Waals surface area contributed by atoms with Gasteiger partial charge in [-0.3, -0.25) is 0 Å². The van der Waals surface area contributed by atoms with Crippen LogP contribution >= 0.6 is 12.6 Å². The van der Waals surface area contributed by atoms with Crippen LogP contribution in [0.5, 0.6) is 0 Å². The lowest BCUT2D eigenvalue weighted by Gasteiger charge is -2.24. The summed E-state index contributed by atoms with van der Waals surface area (Å²) >= 11 is 4.66. The summed E-state index contributed by atoms with van der Waals surface area (Å²) in [5.74, 6) is -0.303. The Labute approximate surface area is 148 Å². The molecule has 0 fully saturated rings. The number of esters is 1. The van der Waals surface area contributed by atoms with Crippen LogP contribution in [0, 0.1) is 6.92 Å². The number of thiol groups is 1. The highest BCUT2D eigenvalue weighted by atomic mass is 32.1. The fraction of sp³-hybridized carbons (Fsp3) is 0.316. The third-order valence-electron chi connectivity index (χ3n) is 3.80. The molecule has 2 aromatic rings. The second-order valence-corrected chi connectivity index (χ2v) is 6.37. The number of benzene rings is 2. The number of hydrogen-bond donors (Lipinski definition) is 3. The minimum atomic E-state index is -0.545.